The second kappa shape index (κ2) is 5.57. The zero-order chi connectivity index (χ0) is 15.8. The van der Waals surface area contributed by atoms with E-state index < -0.39 is 9.84 Å². The monoisotopic (exact) mass is 311 g/mol. The Hall–Kier alpha value is -1.14. The molecule has 1 aromatic rings. The molecule has 1 aliphatic heterocycles. The Labute approximate surface area is 127 Å². The largest absolute Gasteiger partial charge is 0.356 e. The topological polar surface area (TPSA) is 76.3 Å². The van der Waals surface area contributed by atoms with Crippen molar-refractivity contribution in [2.24, 2.45) is 5.73 Å². The van der Waals surface area contributed by atoms with Crippen molar-refractivity contribution in [3.05, 3.63) is 23.4 Å². The number of pyridine rings is 1. The van der Waals surface area contributed by atoms with Gasteiger partial charge < -0.3 is 10.6 Å². The van der Waals surface area contributed by atoms with Crippen molar-refractivity contribution in [1.82, 2.24) is 4.98 Å². The highest BCUT2D eigenvalue weighted by Gasteiger charge is 2.31. The van der Waals surface area contributed by atoms with Crippen molar-refractivity contribution < 1.29 is 8.42 Å². The van der Waals surface area contributed by atoms with E-state index in [1.165, 1.54) is 0 Å². The lowest BCUT2D eigenvalue weighted by Crippen LogP contribution is -2.34. The highest BCUT2D eigenvalue weighted by atomic mass is 32.2. The quantitative estimate of drug-likeness (QED) is 0.914. The highest BCUT2D eigenvalue weighted by molar-refractivity contribution is 7.91. The average molecular weight is 311 g/mol. The van der Waals surface area contributed by atoms with Crippen LogP contribution in [0.15, 0.2) is 12.1 Å². The third-order valence-corrected chi connectivity index (χ3v) is 5.74. The molecule has 5 nitrogen and oxygen atoms in total. The second-order valence-corrected chi connectivity index (χ2v) is 9.07. The van der Waals surface area contributed by atoms with Crippen LogP contribution in [0.25, 0.3) is 0 Å². The molecule has 0 saturated carbocycles. The van der Waals surface area contributed by atoms with E-state index in [9.17, 15) is 8.42 Å². The molecular formula is C15H25N3O2S. The van der Waals surface area contributed by atoms with Crippen molar-refractivity contribution in [2.45, 2.75) is 45.2 Å². The number of nitrogens with two attached hydrogens (primary N) is 1. The number of aromatic nitrogens is 1. The summed E-state index contributed by atoms with van der Waals surface area (Å²) in [4.78, 5) is 6.71. The van der Waals surface area contributed by atoms with Gasteiger partial charge in [-0.15, -0.1) is 0 Å². The van der Waals surface area contributed by atoms with Gasteiger partial charge >= 0.3 is 0 Å². The van der Waals surface area contributed by atoms with Gasteiger partial charge in [0.25, 0.3) is 0 Å². The molecule has 2 N–H and O–H groups in total. The maximum atomic E-state index is 11.7. The smallest absolute Gasteiger partial charge is 0.152 e. The molecule has 2 rings (SSSR count). The van der Waals surface area contributed by atoms with Crippen molar-refractivity contribution in [2.75, 3.05) is 23.5 Å². The molecule has 6 heteroatoms. The molecule has 0 radical (unpaired) electrons. The van der Waals surface area contributed by atoms with Gasteiger partial charge in [0.2, 0.25) is 0 Å². The average Bonchev–Trinajstić information content (AvgIpc) is 2.76. The summed E-state index contributed by atoms with van der Waals surface area (Å²) in [5.74, 6) is 1.29. The molecule has 0 aromatic carbocycles. The standard InChI is InChI=1S/C15H25N3O2S/c1-15(2,3)13-7-11(9-16)8-14(17-13)18(4)12-5-6-21(19,20)10-12/h7-8,12H,5-6,9-10,16H2,1-4H3. The fraction of sp³-hybridized carbons (Fsp3) is 0.667. The Bertz CT molecular complexity index is 620. The SMILES string of the molecule is CN(c1cc(CN)cc(C(C)(C)C)n1)C1CCS(=O)(=O)C1. The van der Waals surface area contributed by atoms with Crippen LogP contribution in [-0.4, -0.2) is 38.0 Å². The lowest BCUT2D eigenvalue weighted by Gasteiger charge is -2.27. The van der Waals surface area contributed by atoms with Crippen LogP contribution in [0.4, 0.5) is 5.82 Å². The summed E-state index contributed by atoms with van der Waals surface area (Å²) in [7, 11) is -0.980. The lowest BCUT2D eigenvalue weighted by atomic mass is 9.90. The van der Waals surface area contributed by atoms with E-state index in [1.807, 2.05) is 24.1 Å². The van der Waals surface area contributed by atoms with E-state index in [-0.39, 0.29) is 23.0 Å². The first kappa shape index (κ1) is 16.2. The van der Waals surface area contributed by atoms with E-state index in [0.717, 1.165) is 17.1 Å². The zero-order valence-electron chi connectivity index (χ0n) is 13.3. The molecule has 1 atom stereocenters. The predicted octanol–water partition coefficient (Wildman–Crippen LogP) is 1.46. The number of nitrogens with zero attached hydrogens (tertiary/aromatic N) is 2. The predicted molar refractivity (Wildman–Crippen MR) is 86.3 cm³/mol. The summed E-state index contributed by atoms with van der Waals surface area (Å²) in [6, 6.07) is 3.99. The second-order valence-electron chi connectivity index (χ2n) is 6.84. The number of anilines is 1. The number of rotatable bonds is 3. The van der Waals surface area contributed by atoms with Gasteiger partial charge in [0.05, 0.1) is 11.5 Å². The third-order valence-electron chi connectivity index (χ3n) is 3.99. The molecule has 118 valence electrons. The van der Waals surface area contributed by atoms with Crippen LogP contribution in [-0.2, 0) is 21.8 Å². The van der Waals surface area contributed by atoms with Crippen molar-refractivity contribution in [3.8, 4) is 0 Å². The molecule has 21 heavy (non-hydrogen) atoms. The Kier molecular flexibility index (Phi) is 4.31. The Morgan fingerprint density at radius 2 is 2.05 bits per heavy atom. The van der Waals surface area contributed by atoms with Crippen molar-refractivity contribution >= 4 is 15.7 Å². The summed E-state index contributed by atoms with van der Waals surface area (Å²) >= 11 is 0. The van der Waals surface area contributed by atoms with E-state index in [1.54, 1.807) is 0 Å². The molecular weight excluding hydrogens is 286 g/mol. The van der Waals surface area contributed by atoms with Crippen LogP contribution in [0, 0.1) is 0 Å². The first-order valence-corrected chi connectivity index (χ1v) is 9.09. The maximum absolute atomic E-state index is 11.7. The molecule has 1 unspecified atom stereocenters. The van der Waals surface area contributed by atoms with Gasteiger partial charge in [-0.25, -0.2) is 13.4 Å². The molecule has 0 aliphatic carbocycles. The molecule has 0 spiro atoms. The Morgan fingerprint density at radius 3 is 2.52 bits per heavy atom. The minimum atomic E-state index is -2.90. The summed E-state index contributed by atoms with van der Waals surface area (Å²) in [6.45, 7) is 6.79. The van der Waals surface area contributed by atoms with E-state index in [4.69, 9.17) is 10.7 Å². The molecule has 1 aliphatic rings. The summed E-state index contributed by atoms with van der Waals surface area (Å²) in [5.41, 5.74) is 7.72. The van der Waals surface area contributed by atoms with Gasteiger partial charge in [-0.3, -0.25) is 0 Å². The summed E-state index contributed by atoms with van der Waals surface area (Å²) < 4.78 is 23.3. The lowest BCUT2D eigenvalue weighted by molar-refractivity contribution is 0.564. The van der Waals surface area contributed by atoms with Crippen LogP contribution < -0.4 is 10.6 Å². The number of hydrogen-bond acceptors (Lipinski definition) is 5. The zero-order valence-corrected chi connectivity index (χ0v) is 14.1. The Morgan fingerprint density at radius 1 is 1.38 bits per heavy atom. The van der Waals surface area contributed by atoms with Crippen LogP contribution in [0.5, 0.6) is 0 Å². The fourth-order valence-electron chi connectivity index (χ4n) is 2.52. The molecule has 2 heterocycles. The molecule has 1 fully saturated rings. The van der Waals surface area contributed by atoms with Gasteiger partial charge in [-0.1, -0.05) is 20.8 Å². The van der Waals surface area contributed by atoms with Crippen molar-refractivity contribution in [1.29, 1.82) is 0 Å². The van der Waals surface area contributed by atoms with Crippen LogP contribution >= 0.6 is 0 Å². The molecule has 1 aromatic heterocycles. The Balaban J connectivity index is 2.35. The van der Waals surface area contributed by atoms with Gasteiger partial charge in [0.1, 0.15) is 5.82 Å². The van der Waals surface area contributed by atoms with Gasteiger partial charge in [-0.2, -0.15) is 0 Å². The number of hydrogen-bond donors (Lipinski definition) is 1. The normalized spacial score (nSPS) is 21.5. The van der Waals surface area contributed by atoms with Crippen LogP contribution in [0.2, 0.25) is 0 Å². The summed E-state index contributed by atoms with van der Waals surface area (Å²) in [5, 5.41) is 0. The maximum Gasteiger partial charge on any atom is 0.152 e. The van der Waals surface area contributed by atoms with Gasteiger partial charge in [0, 0.05) is 30.7 Å². The third kappa shape index (κ3) is 3.74. The van der Waals surface area contributed by atoms with E-state index in [0.29, 0.717) is 13.0 Å². The van der Waals surface area contributed by atoms with E-state index >= 15 is 0 Å². The summed E-state index contributed by atoms with van der Waals surface area (Å²) in [6.07, 6.45) is 0.665. The first-order valence-electron chi connectivity index (χ1n) is 7.27. The molecule has 1 saturated heterocycles. The van der Waals surface area contributed by atoms with Gasteiger partial charge in [-0.05, 0) is 24.1 Å². The molecule has 0 bridgehead atoms. The minimum Gasteiger partial charge on any atom is -0.356 e. The van der Waals surface area contributed by atoms with Gasteiger partial charge in [0.15, 0.2) is 9.84 Å². The minimum absolute atomic E-state index is 0.00310. The number of sulfone groups is 1. The van der Waals surface area contributed by atoms with Crippen LogP contribution in [0.1, 0.15) is 38.4 Å². The highest BCUT2D eigenvalue weighted by Crippen LogP contribution is 2.27. The van der Waals surface area contributed by atoms with Crippen LogP contribution in [0.3, 0.4) is 0 Å². The first-order chi connectivity index (χ1) is 9.62. The fourth-order valence-corrected chi connectivity index (χ4v) is 4.30. The van der Waals surface area contributed by atoms with E-state index in [2.05, 4.69) is 20.8 Å². The molecule has 0 amide bonds. The van der Waals surface area contributed by atoms with Crippen molar-refractivity contribution in [3.63, 3.8) is 0 Å².